The lowest BCUT2D eigenvalue weighted by atomic mass is 10.0. The van der Waals surface area contributed by atoms with Gasteiger partial charge in [0.2, 0.25) is 0 Å². The zero-order chi connectivity index (χ0) is 10.7. The molecule has 15 heavy (non-hydrogen) atoms. The van der Waals surface area contributed by atoms with Crippen LogP contribution in [0.1, 0.15) is 19.4 Å². The Kier molecular flexibility index (Phi) is 2.86. The normalized spacial score (nSPS) is 10.9. The Morgan fingerprint density at radius 1 is 1.20 bits per heavy atom. The molecule has 0 aliphatic heterocycles. The van der Waals surface area contributed by atoms with Crippen molar-refractivity contribution in [3.05, 3.63) is 48.3 Å². The molecule has 1 aromatic heterocycles. The van der Waals surface area contributed by atoms with E-state index in [9.17, 15) is 0 Å². The van der Waals surface area contributed by atoms with Gasteiger partial charge in [-0.3, -0.25) is 0 Å². The van der Waals surface area contributed by atoms with E-state index < -0.39 is 0 Å². The van der Waals surface area contributed by atoms with Gasteiger partial charge in [0.1, 0.15) is 0 Å². The molecule has 0 aliphatic carbocycles. The number of aromatic nitrogens is 2. The molecule has 0 spiro atoms. The van der Waals surface area contributed by atoms with Crippen molar-refractivity contribution in [3.8, 4) is 5.69 Å². The minimum Gasteiger partial charge on any atom is -0.241 e. The van der Waals surface area contributed by atoms with Crippen molar-refractivity contribution >= 4 is 0 Å². The second-order valence-electron chi connectivity index (χ2n) is 4.18. The van der Waals surface area contributed by atoms with E-state index in [0.717, 1.165) is 6.42 Å². The first-order valence-electron chi connectivity index (χ1n) is 5.35. The lowest BCUT2D eigenvalue weighted by molar-refractivity contribution is 0.642. The molecule has 2 heteroatoms. The molecule has 0 unspecified atom stereocenters. The summed E-state index contributed by atoms with van der Waals surface area (Å²) in [5, 5.41) is 4.27. The van der Waals surface area contributed by atoms with E-state index in [1.807, 2.05) is 23.1 Å². The minimum atomic E-state index is 0.668. The molecule has 0 fully saturated rings. The number of rotatable bonds is 3. The van der Waals surface area contributed by atoms with Gasteiger partial charge in [0.05, 0.1) is 5.69 Å². The van der Waals surface area contributed by atoms with E-state index in [0.29, 0.717) is 5.92 Å². The van der Waals surface area contributed by atoms with Gasteiger partial charge >= 0.3 is 0 Å². The fourth-order valence-electron chi connectivity index (χ4n) is 1.76. The number of benzene rings is 1. The Bertz CT molecular complexity index is 416. The maximum absolute atomic E-state index is 4.27. The Labute approximate surface area is 90.6 Å². The standard InChI is InChI=1S/C13H16N2/c1-11(2)10-12-6-3-4-7-13(12)15-9-5-8-14-15/h3-9,11H,10H2,1-2H3. The third-order valence-corrected chi connectivity index (χ3v) is 2.37. The first-order chi connectivity index (χ1) is 7.27. The van der Waals surface area contributed by atoms with Crippen molar-refractivity contribution in [1.29, 1.82) is 0 Å². The van der Waals surface area contributed by atoms with Crippen LogP contribution in [-0.4, -0.2) is 9.78 Å². The molecule has 0 atom stereocenters. The maximum atomic E-state index is 4.27. The fraction of sp³-hybridized carbons (Fsp3) is 0.308. The van der Waals surface area contributed by atoms with Gasteiger partial charge in [-0.25, -0.2) is 4.68 Å². The first-order valence-corrected chi connectivity index (χ1v) is 5.35. The highest BCUT2D eigenvalue weighted by Crippen LogP contribution is 2.16. The summed E-state index contributed by atoms with van der Waals surface area (Å²) in [5.74, 6) is 0.668. The van der Waals surface area contributed by atoms with E-state index in [-0.39, 0.29) is 0 Å². The summed E-state index contributed by atoms with van der Waals surface area (Å²) in [6.45, 7) is 4.47. The summed E-state index contributed by atoms with van der Waals surface area (Å²) in [6, 6.07) is 10.4. The van der Waals surface area contributed by atoms with Crippen LogP contribution in [-0.2, 0) is 6.42 Å². The lowest BCUT2D eigenvalue weighted by Gasteiger charge is -2.11. The van der Waals surface area contributed by atoms with Gasteiger partial charge in [0, 0.05) is 12.4 Å². The van der Waals surface area contributed by atoms with Gasteiger partial charge in [-0.1, -0.05) is 32.0 Å². The summed E-state index contributed by atoms with van der Waals surface area (Å²) in [5.41, 5.74) is 2.55. The summed E-state index contributed by atoms with van der Waals surface area (Å²) in [4.78, 5) is 0. The van der Waals surface area contributed by atoms with E-state index >= 15 is 0 Å². The Balaban J connectivity index is 2.38. The van der Waals surface area contributed by atoms with Crippen LogP contribution in [0.3, 0.4) is 0 Å². The average Bonchev–Trinajstić information content (AvgIpc) is 2.70. The lowest BCUT2D eigenvalue weighted by Crippen LogP contribution is -2.02. The van der Waals surface area contributed by atoms with Crippen molar-refractivity contribution in [3.63, 3.8) is 0 Å². The topological polar surface area (TPSA) is 17.8 Å². The van der Waals surface area contributed by atoms with Gasteiger partial charge in [0.25, 0.3) is 0 Å². The summed E-state index contributed by atoms with van der Waals surface area (Å²) in [7, 11) is 0. The molecule has 0 bridgehead atoms. The molecule has 0 aliphatic rings. The summed E-state index contributed by atoms with van der Waals surface area (Å²) in [6.07, 6.45) is 4.89. The highest BCUT2D eigenvalue weighted by molar-refractivity contribution is 5.40. The quantitative estimate of drug-likeness (QED) is 0.744. The third kappa shape index (κ3) is 2.27. The molecular weight excluding hydrogens is 184 g/mol. The highest BCUT2D eigenvalue weighted by atomic mass is 15.3. The molecule has 0 amide bonds. The maximum Gasteiger partial charge on any atom is 0.0677 e. The number of nitrogens with zero attached hydrogens (tertiary/aromatic N) is 2. The molecule has 78 valence electrons. The third-order valence-electron chi connectivity index (χ3n) is 2.37. The molecule has 2 nitrogen and oxygen atoms in total. The van der Waals surface area contributed by atoms with E-state index in [4.69, 9.17) is 0 Å². The van der Waals surface area contributed by atoms with Crippen LogP contribution in [0.4, 0.5) is 0 Å². The van der Waals surface area contributed by atoms with Crippen molar-refractivity contribution in [1.82, 2.24) is 9.78 Å². The zero-order valence-electron chi connectivity index (χ0n) is 9.22. The number of para-hydroxylation sites is 1. The van der Waals surface area contributed by atoms with E-state index in [1.54, 1.807) is 0 Å². The van der Waals surface area contributed by atoms with Gasteiger partial charge in [-0.2, -0.15) is 5.10 Å². The van der Waals surface area contributed by atoms with Crippen molar-refractivity contribution in [2.45, 2.75) is 20.3 Å². The fourth-order valence-corrected chi connectivity index (χ4v) is 1.76. The van der Waals surface area contributed by atoms with Crippen LogP contribution < -0.4 is 0 Å². The van der Waals surface area contributed by atoms with Crippen molar-refractivity contribution in [2.75, 3.05) is 0 Å². The highest BCUT2D eigenvalue weighted by Gasteiger charge is 2.05. The second kappa shape index (κ2) is 4.30. The molecule has 2 rings (SSSR count). The van der Waals surface area contributed by atoms with E-state index in [1.165, 1.54) is 11.3 Å². The summed E-state index contributed by atoms with van der Waals surface area (Å²) < 4.78 is 1.93. The van der Waals surface area contributed by atoms with Crippen LogP contribution in [0.5, 0.6) is 0 Å². The first kappa shape index (κ1) is 9.97. The van der Waals surface area contributed by atoms with Crippen LogP contribution in [0.15, 0.2) is 42.7 Å². The minimum absolute atomic E-state index is 0.668. The predicted octanol–water partition coefficient (Wildman–Crippen LogP) is 3.07. The van der Waals surface area contributed by atoms with Crippen LogP contribution >= 0.6 is 0 Å². The van der Waals surface area contributed by atoms with Gasteiger partial charge in [-0.15, -0.1) is 0 Å². The summed E-state index contributed by atoms with van der Waals surface area (Å²) >= 11 is 0. The monoisotopic (exact) mass is 200 g/mol. The molecule has 0 saturated heterocycles. The predicted molar refractivity (Wildman–Crippen MR) is 62.1 cm³/mol. The van der Waals surface area contributed by atoms with Crippen LogP contribution in [0.2, 0.25) is 0 Å². The molecule has 1 aromatic carbocycles. The number of hydrogen-bond acceptors (Lipinski definition) is 1. The molecule has 1 heterocycles. The molecule has 2 aromatic rings. The van der Waals surface area contributed by atoms with Crippen LogP contribution in [0.25, 0.3) is 5.69 Å². The SMILES string of the molecule is CC(C)Cc1ccccc1-n1cccn1. The molecule has 0 saturated carbocycles. The van der Waals surface area contributed by atoms with Crippen LogP contribution in [0, 0.1) is 5.92 Å². The average molecular weight is 200 g/mol. The Morgan fingerprint density at radius 2 is 2.00 bits per heavy atom. The second-order valence-corrected chi connectivity index (χ2v) is 4.18. The van der Waals surface area contributed by atoms with Crippen molar-refractivity contribution < 1.29 is 0 Å². The number of hydrogen-bond donors (Lipinski definition) is 0. The zero-order valence-corrected chi connectivity index (χ0v) is 9.22. The van der Waals surface area contributed by atoms with Gasteiger partial charge in [0.15, 0.2) is 0 Å². The van der Waals surface area contributed by atoms with E-state index in [2.05, 4.69) is 43.2 Å². The van der Waals surface area contributed by atoms with Gasteiger partial charge < -0.3 is 0 Å². The largest absolute Gasteiger partial charge is 0.241 e. The smallest absolute Gasteiger partial charge is 0.0677 e. The van der Waals surface area contributed by atoms with Crippen molar-refractivity contribution in [2.24, 2.45) is 5.92 Å². The molecule has 0 N–H and O–H groups in total. The van der Waals surface area contributed by atoms with Gasteiger partial charge in [-0.05, 0) is 30.0 Å². The molecular formula is C13H16N2. The molecule has 0 radical (unpaired) electrons. The Morgan fingerprint density at radius 3 is 2.67 bits per heavy atom. The Hall–Kier alpha value is -1.57.